The summed E-state index contributed by atoms with van der Waals surface area (Å²) in [4.78, 5) is 0.390. The van der Waals surface area contributed by atoms with Crippen molar-refractivity contribution < 1.29 is 8.42 Å². The summed E-state index contributed by atoms with van der Waals surface area (Å²) >= 11 is 0. The number of piperidine rings is 1. The molecule has 2 atom stereocenters. The van der Waals surface area contributed by atoms with Crippen molar-refractivity contribution in [3.05, 3.63) is 78.4 Å². The van der Waals surface area contributed by atoms with E-state index in [0.29, 0.717) is 29.8 Å². The van der Waals surface area contributed by atoms with E-state index in [1.54, 1.807) is 16.4 Å². The van der Waals surface area contributed by atoms with Crippen molar-refractivity contribution in [1.29, 1.82) is 0 Å². The van der Waals surface area contributed by atoms with Gasteiger partial charge in [-0.05, 0) is 46.7 Å². The zero-order chi connectivity index (χ0) is 18.1. The highest BCUT2D eigenvalue weighted by atomic mass is 32.2. The SMILES string of the molecule is C[C@H]1CN(S(=O)(=O)c2ccc3ccccc3c2)CC[C@@H]1c1ccccc1. The predicted octanol–water partition coefficient (Wildman–Crippen LogP) is 4.65. The van der Waals surface area contributed by atoms with Crippen LogP contribution < -0.4 is 0 Å². The Bertz CT molecular complexity index is 1010. The molecule has 1 saturated heterocycles. The van der Waals surface area contributed by atoms with E-state index in [1.807, 2.05) is 36.4 Å². The predicted molar refractivity (Wildman–Crippen MR) is 106 cm³/mol. The van der Waals surface area contributed by atoms with Crippen LogP contribution in [-0.4, -0.2) is 25.8 Å². The van der Waals surface area contributed by atoms with E-state index in [-0.39, 0.29) is 0 Å². The Morgan fingerprint density at radius 3 is 2.31 bits per heavy atom. The van der Waals surface area contributed by atoms with Crippen LogP contribution in [0, 0.1) is 5.92 Å². The molecule has 0 aliphatic carbocycles. The second kappa shape index (κ2) is 6.86. The van der Waals surface area contributed by atoms with Gasteiger partial charge in [-0.2, -0.15) is 4.31 Å². The van der Waals surface area contributed by atoms with E-state index in [4.69, 9.17) is 0 Å². The van der Waals surface area contributed by atoms with Gasteiger partial charge in [0, 0.05) is 13.1 Å². The number of nitrogens with zero attached hydrogens (tertiary/aromatic N) is 1. The summed E-state index contributed by atoms with van der Waals surface area (Å²) in [5, 5.41) is 2.02. The Morgan fingerprint density at radius 1 is 0.885 bits per heavy atom. The molecule has 3 aromatic carbocycles. The molecule has 1 aliphatic rings. The number of hydrogen-bond donors (Lipinski definition) is 0. The van der Waals surface area contributed by atoms with Gasteiger partial charge in [-0.25, -0.2) is 8.42 Å². The van der Waals surface area contributed by atoms with Crippen molar-refractivity contribution in [2.75, 3.05) is 13.1 Å². The number of rotatable bonds is 3. The Balaban J connectivity index is 1.59. The van der Waals surface area contributed by atoms with Gasteiger partial charge in [-0.3, -0.25) is 0 Å². The summed E-state index contributed by atoms with van der Waals surface area (Å²) in [5.74, 6) is 0.709. The molecular formula is C22H23NO2S. The average Bonchev–Trinajstić information content (AvgIpc) is 2.68. The monoisotopic (exact) mass is 365 g/mol. The van der Waals surface area contributed by atoms with E-state index in [2.05, 4.69) is 31.2 Å². The highest BCUT2D eigenvalue weighted by molar-refractivity contribution is 7.89. The molecular weight excluding hydrogens is 342 g/mol. The fourth-order valence-corrected chi connectivity index (χ4v) is 5.59. The van der Waals surface area contributed by atoms with Crippen molar-refractivity contribution in [1.82, 2.24) is 4.31 Å². The highest BCUT2D eigenvalue weighted by Crippen LogP contribution is 2.35. The molecule has 4 heteroatoms. The lowest BCUT2D eigenvalue weighted by Crippen LogP contribution is -2.42. The molecule has 0 radical (unpaired) electrons. The van der Waals surface area contributed by atoms with E-state index in [9.17, 15) is 8.42 Å². The topological polar surface area (TPSA) is 37.4 Å². The minimum absolute atomic E-state index is 0.293. The first kappa shape index (κ1) is 17.3. The second-order valence-corrected chi connectivity index (χ2v) is 9.09. The van der Waals surface area contributed by atoms with Crippen molar-refractivity contribution in [2.24, 2.45) is 5.92 Å². The van der Waals surface area contributed by atoms with E-state index in [0.717, 1.165) is 17.2 Å². The van der Waals surface area contributed by atoms with E-state index >= 15 is 0 Å². The first-order valence-corrected chi connectivity index (χ1v) is 10.5. The van der Waals surface area contributed by atoms with Gasteiger partial charge in [0.1, 0.15) is 0 Å². The number of benzene rings is 3. The van der Waals surface area contributed by atoms with Crippen molar-refractivity contribution in [3.63, 3.8) is 0 Å². The third-order valence-electron chi connectivity index (χ3n) is 5.45. The van der Waals surface area contributed by atoms with E-state index < -0.39 is 10.0 Å². The summed E-state index contributed by atoms with van der Waals surface area (Å²) < 4.78 is 27.9. The maximum Gasteiger partial charge on any atom is 0.243 e. The van der Waals surface area contributed by atoms with Gasteiger partial charge in [0.15, 0.2) is 0 Å². The van der Waals surface area contributed by atoms with Crippen LogP contribution in [-0.2, 0) is 10.0 Å². The van der Waals surface area contributed by atoms with Gasteiger partial charge in [-0.1, -0.05) is 67.6 Å². The Hall–Kier alpha value is -2.17. The van der Waals surface area contributed by atoms with Gasteiger partial charge in [0.05, 0.1) is 4.90 Å². The van der Waals surface area contributed by atoms with Crippen LogP contribution in [0.25, 0.3) is 10.8 Å². The summed E-state index contributed by atoms with van der Waals surface area (Å²) in [6, 6.07) is 23.7. The average molecular weight is 365 g/mol. The van der Waals surface area contributed by atoms with E-state index in [1.165, 1.54) is 5.56 Å². The van der Waals surface area contributed by atoms with Crippen LogP contribution in [0.4, 0.5) is 0 Å². The van der Waals surface area contributed by atoms with Crippen LogP contribution in [0.2, 0.25) is 0 Å². The van der Waals surface area contributed by atoms with Gasteiger partial charge in [-0.15, -0.1) is 0 Å². The first-order chi connectivity index (χ1) is 12.6. The number of sulfonamides is 1. The molecule has 0 amide bonds. The molecule has 0 aromatic heterocycles. The van der Waals surface area contributed by atoms with Crippen molar-refractivity contribution >= 4 is 20.8 Å². The smallest absolute Gasteiger partial charge is 0.207 e. The molecule has 1 heterocycles. The third-order valence-corrected chi connectivity index (χ3v) is 7.32. The molecule has 0 spiro atoms. The lowest BCUT2D eigenvalue weighted by atomic mass is 9.82. The van der Waals surface area contributed by atoms with Crippen LogP contribution in [0.15, 0.2) is 77.7 Å². The summed E-state index contributed by atoms with van der Waals surface area (Å²) in [5.41, 5.74) is 1.31. The molecule has 3 nitrogen and oxygen atoms in total. The molecule has 0 N–H and O–H groups in total. The van der Waals surface area contributed by atoms with Gasteiger partial charge in [0.25, 0.3) is 0 Å². The normalized spacial score (nSPS) is 21.7. The maximum atomic E-state index is 13.1. The molecule has 1 aliphatic heterocycles. The van der Waals surface area contributed by atoms with Crippen LogP contribution >= 0.6 is 0 Å². The standard InChI is InChI=1S/C22H23NO2S/c1-17-16-23(14-13-22(17)19-8-3-2-4-9-19)26(24,25)21-12-11-18-7-5-6-10-20(18)15-21/h2-12,15,17,22H,13-14,16H2,1H3/t17-,22-/m0/s1. The molecule has 0 unspecified atom stereocenters. The lowest BCUT2D eigenvalue weighted by Gasteiger charge is -2.36. The molecule has 1 fully saturated rings. The lowest BCUT2D eigenvalue weighted by molar-refractivity contribution is 0.248. The Kier molecular flexibility index (Phi) is 4.55. The number of fused-ring (bicyclic) bond motifs is 1. The number of hydrogen-bond acceptors (Lipinski definition) is 2. The first-order valence-electron chi connectivity index (χ1n) is 9.09. The highest BCUT2D eigenvalue weighted by Gasteiger charge is 2.34. The second-order valence-electron chi connectivity index (χ2n) is 7.16. The van der Waals surface area contributed by atoms with Crippen LogP contribution in [0.3, 0.4) is 0 Å². The van der Waals surface area contributed by atoms with Crippen molar-refractivity contribution in [3.8, 4) is 0 Å². The fraction of sp³-hybridized carbons (Fsp3) is 0.273. The summed E-state index contributed by atoms with van der Waals surface area (Å²) in [7, 11) is -3.46. The third kappa shape index (κ3) is 3.15. The maximum absolute atomic E-state index is 13.1. The molecule has 26 heavy (non-hydrogen) atoms. The van der Waals surface area contributed by atoms with Crippen molar-refractivity contribution in [2.45, 2.75) is 24.2 Å². The minimum Gasteiger partial charge on any atom is -0.207 e. The van der Waals surface area contributed by atoms with Crippen LogP contribution in [0.1, 0.15) is 24.8 Å². The van der Waals surface area contributed by atoms with Gasteiger partial charge in [0.2, 0.25) is 10.0 Å². The Labute approximate surface area is 155 Å². The molecule has 134 valence electrons. The fourth-order valence-electron chi connectivity index (χ4n) is 4.00. The zero-order valence-corrected chi connectivity index (χ0v) is 15.7. The van der Waals surface area contributed by atoms with Gasteiger partial charge < -0.3 is 0 Å². The van der Waals surface area contributed by atoms with Gasteiger partial charge >= 0.3 is 0 Å². The Morgan fingerprint density at radius 2 is 1.58 bits per heavy atom. The minimum atomic E-state index is -3.46. The van der Waals surface area contributed by atoms with Crippen LogP contribution in [0.5, 0.6) is 0 Å². The zero-order valence-electron chi connectivity index (χ0n) is 14.9. The summed E-state index contributed by atoms with van der Waals surface area (Å²) in [6.45, 7) is 3.29. The molecule has 0 saturated carbocycles. The molecule has 3 aromatic rings. The summed E-state index contributed by atoms with van der Waals surface area (Å²) in [6.07, 6.45) is 0.859. The largest absolute Gasteiger partial charge is 0.243 e. The quantitative estimate of drug-likeness (QED) is 0.677. The molecule has 4 rings (SSSR count). The molecule has 0 bridgehead atoms.